The second-order valence-electron chi connectivity index (χ2n) is 6.28. The van der Waals surface area contributed by atoms with Gasteiger partial charge in [0.25, 0.3) is 5.91 Å². The van der Waals surface area contributed by atoms with Gasteiger partial charge >= 0.3 is 0 Å². The van der Waals surface area contributed by atoms with Crippen LogP contribution in [0.1, 0.15) is 12.5 Å². The van der Waals surface area contributed by atoms with Gasteiger partial charge in [0.2, 0.25) is 0 Å². The first-order valence-electron chi connectivity index (χ1n) is 8.80. The lowest BCUT2D eigenvalue weighted by atomic mass is 10.1. The molecule has 1 amide bonds. The van der Waals surface area contributed by atoms with Gasteiger partial charge in [0, 0.05) is 19.3 Å². The first-order valence-corrected chi connectivity index (χ1v) is 8.80. The predicted octanol–water partition coefficient (Wildman–Crippen LogP) is 1.73. The SMILES string of the molecule is C=C1COc2ccc(CNC(=C)C3=N/C(=C/C)N(NC)C(C(N)=O)=C3)cc2N1. The van der Waals surface area contributed by atoms with Crippen molar-refractivity contribution in [3.8, 4) is 5.75 Å². The van der Waals surface area contributed by atoms with Gasteiger partial charge in [-0.25, -0.2) is 10.4 Å². The molecule has 0 saturated carbocycles. The number of benzene rings is 1. The van der Waals surface area contributed by atoms with Crippen LogP contribution in [0.5, 0.6) is 5.75 Å². The molecule has 2 aliphatic rings. The van der Waals surface area contributed by atoms with Crippen molar-refractivity contribution in [3.05, 3.63) is 72.0 Å². The minimum Gasteiger partial charge on any atom is -0.485 e. The van der Waals surface area contributed by atoms with Crippen LogP contribution >= 0.6 is 0 Å². The molecule has 2 aliphatic heterocycles. The molecule has 146 valence electrons. The number of hydrazine groups is 1. The van der Waals surface area contributed by atoms with Crippen LogP contribution in [0.15, 0.2) is 71.4 Å². The van der Waals surface area contributed by atoms with Crippen LogP contribution in [-0.2, 0) is 11.3 Å². The third-order valence-electron chi connectivity index (χ3n) is 4.29. The van der Waals surface area contributed by atoms with E-state index in [0.29, 0.717) is 30.4 Å². The van der Waals surface area contributed by atoms with E-state index >= 15 is 0 Å². The molecular weight excluding hydrogens is 356 g/mol. The van der Waals surface area contributed by atoms with Crippen LogP contribution in [0.2, 0.25) is 0 Å². The minimum absolute atomic E-state index is 0.289. The highest BCUT2D eigenvalue weighted by atomic mass is 16.5. The Morgan fingerprint density at radius 1 is 1.50 bits per heavy atom. The summed E-state index contributed by atoms with van der Waals surface area (Å²) in [5.74, 6) is 0.797. The fourth-order valence-corrected chi connectivity index (χ4v) is 2.89. The third kappa shape index (κ3) is 3.91. The van der Waals surface area contributed by atoms with E-state index in [0.717, 1.165) is 22.7 Å². The molecule has 0 atom stereocenters. The molecule has 0 fully saturated rings. The maximum atomic E-state index is 11.8. The van der Waals surface area contributed by atoms with E-state index in [1.54, 1.807) is 19.2 Å². The predicted molar refractivity (Wildman–Crippen MR) is 110 cm³/mol. The summed E-state index contributed by atoms with van der Waals surface area (Å²) >= 11 is 0. The fourth-order valence-electron chi connectivity index (χ4n) is 2.89. The zero-order valence-electron chi connectivity index (χ0n) is 16.0. The maximum absolute atomic E-state index is 11.8. The summed E-state index contributed by atoms with van der Waals surface area (Å²) in [6.45, 7) is 10.8. The van der Waals surface area contributed by atoms with E-state index in [9.17, 15) is 4.79 Å². The number of hydrogen-bond acceptors (Lipinski definition) is 7. The molecule has 3 rings (SSSR count). The molecule has 0 aliphatic carbocycles. The Bertz CT molecular complexity index is 929. The largest absolute Gasteiger partial charge is 0.485 e. The van der Waals surface area contributed by atoms with Crippen LogP contribution in [0, 0.1) is 0 Å². The van der Waals surface area contributed by atoms with Gasteiger partial charge < -0.3 is 21.1 Å². The Hall–Kier alpha value is -3.52. The van der Waals surface area contributed by atoms with Crippen LogP contribution in [-0.4, -0.2) is 30.3 Å². The smallest absolute Gasteiger partial charge is 0.266 e. The van der Waals surface area contributed by atoms with Gasteiger partial charge in [0.15, 0.2) is 0 Å². The van der Waals surface area contributed by atoms with Gasteiger partial charge in [-0.05, 0) is 36.8 Å². The Kier molecular flexibility index (Phi) is 5.51. The van der Waals surface area contributed by atoms with Crippen molar-refractivity contribution in [2.45, 2.75) is 13.5 Å². The Morgan fingerprint density at radius 3 is 2.96 bits per heavy atom. The summed E-state index contributed by atoms with van der Waals surface area (Å²) in [5.41, 5.74) is 12.6. The molecule has 8 heteroatoms. The number of ether oxygens (including phenoxy) is 1. The maximum Gasteiger partial charge on any atom is 0.266 e. The number of hydrogen-bond donors (Lipinski definition) is 4. The van der Waals surface area contributed by atoms with E-state index in [1.807, 2.05) is 25.1 Å². The quantitative estimate of drug-likeness (QED) is 0.599. The van der Waals surface area contributed by atoms with Crippen molar-refractivity contribution < 1.29 is 9.53 Å². The van der Waals surface area contributed by atoms with Gasteiger partial charge in [-0.1, -0.05) is 19.2 Å². The zero-order chi connectivity index (χ0) is 20.3. The first kappa shape index (κ1) is 19.2. The first-order chi connectivity index (χ1) is 13.4. The van der Waals surface area contributed by atoms with Crippen molar-refractivity contribution in [1.29, 1.82) is 0 Å². The normalized spacial score (nSPS) is 17.1. The number of allylic oxidation sites excluding steroid dienone is 2. The molecule has 0 spiro atoms. The number of nitrogens with zero attached hydrogens (tertiary/aromatic N) is 2. The van der Waals surface area contributed by atoms with Gasteiger partial charge in [-0.2, -0.15) is 0 Å². The number of nitrogens with two attached hydrogens (primary N) is 1. The van der Waals surface area contributed by atoms with Gasteiger partial charge in [-0.15, -0.1) is 0 Å². The molecule has 1 aromatic rings. The lowest BCUT2D eigenvalue weighted by Crippen LogP contribution is -2.41. The lowest BCUT2D eigenvalue weighted by Gasteiger charge is -2.28. The number of anilines is 1. The summed E-state index contributed by atoms with van der Waals surface area (Å²) in [7, 11) is 1.69. The van der Waals surface area contributed by atoms with Gasteiger partial charge in [0.05, 0.1) is 17.1 Å². The number of carbonyl (C=O) groups is 1. The highest BCUT2D eigenvalue weighted by Crippen LogP contribution is 2.30. The van der Waals surface area contributed by atoms with Crippen LogP contribution in [0.4, 0.5) is 5.69 Å². The Labute approximate surface area is 164 Å². The third-order valence-corrected chi connectivity index (χ3v) is 4.29. The molecule has 0 radical (unpaired) electrons. The van der Waals surface area contributed by atoms with Crippen molar-refractivity contribution in [2.75, 3.05) is 19.0 Å². The molecule has 2 heterocycles. The zero-order valence-corrected chi connectivity index (χ0v) is 16.0. The molecule has 0 unspecified atom stereocenters. The average molecular weight is 380 g/mol. The number of fused-ring (bicyclic) bond motifs is 1. The van der Waals surface area contributed by atoms with E-state index in [-0.39, 0.29) is 5.70 Å². The molecule has 0 bridgehead atoms. The summed E-state index contributed by atoms with van der Waals surface area (Å²) in [6, 6.07) is 5.89. The second-order valence-corrected chi connectivity index (χ2v) is 6.28. The van der Waals surface area contributed by atoms with E-state index in [1.165, 1.54) is 5.01 Å². The summed E-state index contributed by atoms with van der Waals surface area (Å²) in [4.78, 5) is 16.3. The minimum atomic E-state index is -0.560. The van der Waals surface area contributed by atoms with Crippen molar-refractivity contribution in [1.82, 2.24) is 15.8 Å². The van der Waals surface area contributed by atoms with E-state index < -0.39 is 5.91 Å². The Morgan fingerprint density at radius 2 is 2.29 bits per heavy atom. The van der Waals surface area contributed by atoms with Crippen LogP contribution in [0.25, 0.3) is 0 Å². The number of rotatable bonds is 6. The lowest BCUT2D eigenvalue weighted by molar-refractivity contribution is -0.116. The molecule has 0 saturated heterocycles. The molecule has 8 nitrogen and oxygen atoms in total. The molecule has 0 aromatic heterocycles. The number of aliphatic imine (C=N–C) groups is 1. The van der Waals surface area contributed by atoms with E-state index in [2.05, 4.69) is 34.2 Å². The van der Waals surface area contributed by atoms with Crippen molar-refractivity contribution >= 4 is 17.3 Å². The van der Waals surface area contributed by atoms with E-state index in [4.69, 9.17) is 10.5 Å². The number of amides is 1. The molecule has 1 aromatic carbocycles. The molecule has 28 heavy (non-hydrogen) atoms. The van der Waals surface area contributed by atoms with Crippen LogP contribution < -0.4 is 26.5 Å². The van der Waals surface area contributed by atoms with Crippen molar-refractivity contribution in [2.24, 2.45) is 10.7 Å². The average Bonchev–Trinajstić information content (AvgIpc) is 2.70. The van der Waals surface area contributed by atoms with Gasteiger partial charge in [-0.3, -0.25) is 9.80 Å². The highest BCUT2D eigenvalue weighted by molar-refractivity contribution is 6.12. The van der Waals surface area contributed by atoms with Crippen LogP contribution in [0.3, 0.4) is 0 Å². The number of carbonyl (C=O) groups excluding carboxylic acids is 1. The van der Waals surface area contributed by atoms with Gasteiger partial charge in [0.1, 0.15) is 23.9 Å². The standard InChI is InChI=1S/C20H24N6O2/c1-5-19-25-15(9-17(20(21)27)26(19)22-4)13(3)23-10-14-6-7-18-16(8-14)24-12(2)11-28-18/h5-9,22-24H,2-3,10-11H2,1,4H3,(H2,21,27)/b19-5-. The number of nitrogens with one attached hydrogen (secondary N) is 3. The van der Waals surface area contributed by atoms with Crippen molar-refractivity contribution in [3.63, 3.8) is 0 Å². The Balaban J connectivity index is 1.74. The summed E-state index contributed by atoms with van der Waals surface area (Å²) < 4.78 is 5.60. The monoisotopic (exact) mass is 380 g/mol. The summed E-state index contributed by atoms with van der Waals surface area (Å²) in [5, 5.41) is 7.99. The second kappa shape index (κ2) is 8.01. The highest BCUT2D eigenvalue weighted by Gasteiger charge is 2.23. The number of primary amides is 1. The molecule has 5 N–H and O–H groups in total. The summed E-state index contributed by atoms with van der Waals surface area (Å²) in [6.07, 6.45) is 3.38. The molecular formula is C20H24N6O2. The topological polar surface area (TPSA) is 104 Å². The fraction of sp³-hybridized carbons (Fsp3) is 0.200.